The highest BCUT2D eigenvalue weighted by atomic mass is 16.2. The molecule has 1 rings (SSSR count). The molecule has 1 aliphatic rings. The quantitative estimate of drug-likeness (QED) is 0.433. The van der Waals surface area contributed by atoms with Crippen molar-refractivity contribution in [3.63, 3.8) is 0 Å². The third-order valence-corrected chi connectivity index (χ3v) is 0.808. The lowest BCUT2D eigenvalue weighted by Crippen LogP contribution is -2.38. The zero-order valence-electron chi connectivity index (χ0n) is 4.87. The monoisotopic (exact) mass is 140 g/mol. The van der Waals surface area contributed by atoms with E-state index in [1.807, 2.05) is 5.32 Å². The number of amides is 2. The van der Waals surface area contributed by atoms with Gasteiger partial charge < -0.3 is 5.73 Å². The van der Waals surface area contributed by atoms with Gasteiger partial charge in [0.2, 0.25) is 11.6 Å². The second-order valence-electron chi connectivity index (χ2n) is 1.55. The maximum Gasteiger partial charge on any atom is 0.317 e. The van der Waals surface area contributed by atoms with Crippen molar-refractivity contribution in [2.75, 3.05) is 0 Å². The van der Waals surface area contributed by atoms with E-state index in [2.05, 4.69) is 10.2 Å². The number of nitrogens with one attached hydrogen (secondary N) is 1. The summed E-state index contributed by atoms with van der Waals surface area (Å²) >= 11 is 0. The molecule has 0 aliphatic carbocycles. The van der Waals surface area contributed by atoms with E-state index in [9.17, 15) is 9.59 Å². The highest BCUT2D eigenvalue weighted by Crippen LogP contribution is 1.85. The summed E-state index contributed by atoms with van der Waals surface area (Å²) in [6.45, 7) is 0. The Kier molecular flexibility index (Phi) is 1.44. The Balaban J connectivity index is 2.61. The molecule has 0 unspecified atom stereocenters. The van der Waals surface area contributed by atoms with Crippen LogP contribution in [0.1, 0.15) is 0 Å². The summed E-state index contributed by atoms with van der Waals surface area (Å²) in [6.07, 6.45) is 0.991. The highest BCUT2D eigenvalue weighted by molar-refractivity contribution is 6.62. The molecule has 0 saturated heterocycles. The number of hydrogen-bond donors (Lipinski definition) is 2. The Morgan fingerprint density at radius 3 is 2.80 bits per heavy atom. The molecule has 0 bridgehead atoms. The number of urea groups is 1. The number of hydrogen-bond acceptors (Lipinski definition) is 4. The number of ketones is 1. The van der Waals surface area contributed by atoms with E-state index in [-0.39, 0.29) is 5.84 Å². The van der Waals surface area contributed by atoms with Crippen molar-refractivity contribution in [1.29, 1.82) is 0 Å². The number of rotatable bonds is 0. The summed E-state index contributed by atoms with van der Waals surface area (Å²) in [4.78, 5) is 20.7. The number of carbonyl (C=O) groups excluding carboxylic acids is 2. The minimum Gasteiger partial charge on any atom is -0.351 e. The first-order valence-electron chi connectivity index (χ1n) is 2.42. The van der Waals surface area contributed by atoms with Gasteiger partial charge in [-0.1, -0.05) is 0 Å². The molecule has 0 spiro atoms. The van der Waals surface area contributed by atoms with E-state index >= 15 is 0 Å². The predicted octanol–water partition coefficient (Wildman–Crippen LogP) is -1.38. The fourth-order valence-electron chi connectivity index (χ4n) is 0.453. The minimum absolute atomic E-state index is 0.132. The second kappa shape index (κ2) is 2.26. The zero-order valence-corrected chi connectivity index (χ0v) is 4.87. The molecule has 0 aromatic heterocycles. The molecule has 0 fully saturated rings. The van der Waals surface area contributed by atoms with Crippen molar-refractivity contribution in [3.05, 3.63) is 0 Å². The molecule has 3 N–H and O–H groups in total. The van der Waals surface area contributed by atoms with Crippen LogP contribution in [0.3, 0.4) is 0 Å². The molecule has 0 aromatic carbocycles. The van der Waals surface area contributed by atoms with E-state index in [1.54, 1.807) is 0 Å². The van der Waals surface area contributed by atoms with Crippen LogP contribution in [0.25, 0.3) is 0 Å². The van der Waals surface area contributed by atoms with Crippen LogP contribution in [0.15, 0.2) is 10.2 Å². The fourth-order valence-corrected chi connectivity index (χ4v) is 0.453. The Morgan fingerprint density at radius 2 is 2.40 bits per heavy atom. The van der Waals surface area contributed by atoms with Crippen molar-refractivity contribution in [2.24, 2.45) is 15.9 Å². The molecular formula is C4H4N4O2. The van der Waals surface area contributed by atoms with Crippen LogP contribution >= 0.6 is 0 Å². The van der Waals surface area contributed by atoms with Crippen LogP contribution in [0.2, 0.25) is 0 Å². The summed E-state index contributed by atoms with van der Waals surface area (Å²) in [5.41, 5.74) is 4.70. The van der Waals surface area contributed by atoms with Gasteiger partial charge in [-0.05, 0) is 0 Å². The lowest BCUT2D eigenvalue weighted by Gasteiger charge is -1.93. The van der Waals surface area contributed by atoms with E-state index in [0.717, 1.165) is 6.21 Å². The van der Waals surface area contributed by atoms with Gasteiger partial charge in [0.1, 0.15) is 6.21 Å². The largest absolute Gasteiger partial charge is 0.351 e. The second-order valence-corrected chi connectivity index (χ2v) is 1.55. The molecule has 52 valence electrons. The smallest absolute Gasteiger partial charge is 0.317 e. The number of nitrogens with two attached hydrogens (primary N) is 1. The van der Waals surface area contributed by atoms with Crippen LogP contribution in [0.5, 0.6) is 0 Å². The van der Waals surface area contributed by atoms with Gasteiger partial charge in [0.25, 0.3) is 0 Å². The average molecular weight is 140 g/mol. The highest BCUT2D eigenvalue weighted by Gasteiger charge is 2.14. The predicted molar refractivity (Wildman–Crippen MR) is 33.7 cm³/mol. The SMILES string of the molecule is NC(=O)NC1=NN=CC1=O. The molecule has 1 heterocycles. The van der Waals surface area contributed by atoms with E-state index in [0.29, 0.717) is 0 Å². The Labute approximate surface area is 55.8 Å². The third kappa shape index (κ3) is 1.16. The Hall–Kier alpha value is -1.72. The molecule has 0 aromatic rings. The molecule has 0 atom stereocenters. The van der Waals surface area contributed by atoms with Crippen LogP contribution in [-0.4, -0.2) is 23.9 Å². The first-order chi connectivity index (χ1) is 4.70. The lowest BCUT2D eigenvalue weighted by atomic mass is 10.4. The molecule has 6 heteroatoms. The van der Waals surface area contributed by atoms with Gasteiger partial charge in [-0.15, -0.1) is 5.10 Å². The van der Waals surface area contributed by atoms with E-state index < -0.39 is 11.8 Å². The van der Waals surface area contributed by atoms with Gasteiger partial charge in [0, 0.05) is 0 Å². The van der Waals surface area contributed by atoms with Gasteiger partial charge in [-0.25, -0.2) is 4.79 Å². The van der Waals surface area contributed by atoms with Crippen molar-refractivity contribution >= 4 is 23.9 Å². The van der Waals surface area contributed by atoms with Crippen molar-refractivity contribution in [1.82, 2.24) is 5.32 Å². The van der Waals surface area contributed by atoms with Crippen molar-refractivity contribution in [2.45, 2.75) is 0 Å². The summed E-state index contributed by atoms with van der Waals surface area (Å²) in [5, 5.41) is 8.53. The van der Waals surface area contributed by atoms with Crippen molar-refractivity contribution in [3.8, 4) is 0 Å². The fraction of sp³-hybridized carbons (Fsp3) is 0. The molecule has 2 amide bonds. The number of amidine groups is 1. The standard InChI is InChI=1S/C4H4N4O2/c5-4(10)7-3-2(9)1-6-8-3/h1H,(H3,5,7,8,9,10). The maximum atomic E-state index is 10.6. The van der Waals surface area contributed by atoms with Gasteiger partial charge in [-0.3, -0.25) is 10.1 Å². The number of nitrogens with zero attached hydrogens (tertiary/aromatic N) is 2. The third-order valence-electron chi connectivity index (χ3n) is 0.808. The van der Waals surface area contributed by atoms with Crippen LogP contribution in [0.4, 0.5) is 4.79 Å². The van der Waals surface area contributed by atoms with Crippen LogP contribution in [-0.2, 0) is 4.79 Å². The molecule has 0 saturated carbocycles. The Morgan fingerprint density at radius 1 is 1.70 bits per heavy atom. The summed E-state index contributed by atoms with van der Waals surface area (Å²) in [7, 11) is 0. The topological polar surface area (TPSA) is 96.9 Å². The molecular weight excluding hydrogens is 136 g/mol. The summed E-state index contributed by atoms with van der Waals surface area (Å²) in [6, 6.07) is -0.822. The lowest BCUT2D eigenvalue weighted by molar-refractivity contribution is -0.107. The van der Waals surface area contributed by atoms with Crippen molar-refractivity contribution < 1.29 is 9.59 Å². The number of Topliss-reactive ketones (excluding diaryl/α,β-unsaturated/α-hetero) is 1. The summed E-state index contributed by atoms with van der Waals surface area (Å²) in [5.74, 6) is -0.577. The van der Waals surface area contributed by atoms with Gasteiger partial charge in [0.15, 0.2) is 0 Å². The maximum absolute atomic E-state index is 10.6. The average Bonchev–Trinajstić information content (AvgIpc) is 2.15. The molecule has 6 nitrogen and oxygen atoms in total. The number of carbonyl (C=O) groups is 2. The van der Waals surface area contributed by atoms with E-state index in [1.165, 1.54) is 0 Å². The van der Waals surface area contributed by atoms with Gasteiger partial charge in [-0.2, -0.15) is 5.10 Å². The normalized spacial score (nSPS) is 15.2. The Bertz CT molecular complexity index is 242. The molecule has 10 heavy (non-hydrogen) atoms. The van der Waals surface area contributed by atoms with Gasteiger partial charge >= 0.3 is 6.03 Å². The zero-order chi connectivity index (χ0) is 7.56. The molecule has 1 aliphatic heterocycles. The summed E-state index contributed by atoms with van der Waals surface area (Å²) < 4.78 is 0. The minimum atomic E-state index is -0.822. The first-order valence-corrected chi connectivity index (χ1v) is 2.42. The van der Waals surface area contributed by atoms with Crippen LogP contribution in [0, 0.1) is 0 Å². The molecule has 0 radical (unpaired) electrons. The van der Waals surface area contributed by atoms with Crippen LogP contribution < -0.4 is 11.1 Å². The first kappa shape index (κ1) is 6.40. The van der Waals surface area contributed by atoms with Gasteiger partial charge in [0.05, 0.1) is 0 Å². The number of primary amides is 1. The van der Waals surface area contributed by atoms with E-state index in [4.69, 9.17) is 5.73 Å².